The molecule has 1 aromatic carbocycles. The van der Waals surface area contributed by atoms with Gasteiger partial charge < -0.3 is 20.4 Å². The maximum Gasteiger partial charge on any atom is 0.326 e. The molecule has 2 amide bonds. The van der Waals surface area contributed by atoms with Crippen LogP contribution in [0.2, 0.25) is 5.02 Å². The number of carboxylic acid groups (broad SMARTS) is 1. The number of halogens is 2. The van der Waals surface area contributed by atoms with Gasteiger partial charge in [-0.1, -0.05) is 11.6 Å². The second-order valence-electron chi connectivity index (χ2n) is 4.45. The van der Waals surface area contributed by atoms with Crippen LogP contribution >= 0.6 is 34.2 Å². The van der Waals surface area contributed by atoms with Gasteiger partial charge in [0, 0.05) is 16.5 Å². The molecule has 0 unspecified atom stereocenters. The van der Waals surface area contributed by atoms with E-state index in [2.05, 4.69) is 27.9 Å². The Morgan fingerprint density at radius 1 is 1.45 bits per heavy atom. The molecule has 0 aromatic heterocycles. The van der Waals surface area contributed by atoms with Crippen LogP contribution in [-0.2, 0) is 4.79 Å². The third kappa shape index (κ3) is 3.33. The third-order valence-electron chi connectivity index (χ3n) is 3.00. The van der Waals surface area contributed by atoms with Crippen molar-refractivity contribution in [2.45, 2.75) is 18.6 Å². The van der Waals surface area contributed by atoms with Crippen LogP contribution in [0.1, 0.15) is 6.42 Å². The zero-order valence-electron chi connectivity index (χ0n) is 10.2. The van der Waals surface area contributed by atoms with Crippen LogP contribution in [0.4, 0.5) is 10.5 Å². The molecule has 8 heteroatoms. The molecule has 108 valence electrons. The summed E-state index contributed by atoms with van der Waals surface area (Å²) in [5.41, 5.74) is 0.405. The molecule has 0 radical (unpaired) electrons. The molecular weight excluding hydrogens is 398 g/mol. The zero-order valence-corrected chi connectivity index (χ0v) is 13.1. The Labute approximate surface area is 133 Å². The maximum absolute atomic E-state index is 12.1. The summed E-state index contributed by atoms with van der Waals surface area (Å²) in [5, 5.41) is 21.5. The molecule has 1 aliphatic heterocycles. The number of aliphatic carboxylic acids is 1. The molecule has 2 rings (SSSR count). The lowest BCUT2D eigenvalue weighted by molar-refractivity contribution is -0.141. The number of aliphatic hydroxyl groups excluding tert-OH is 1. The van der Waals surface area contributed by atoms with E-state index in [1.165, 1.54) is 0 Å². The van der Waals surface area contributed by atoms with Gasteiger partial charge in [-0.05, 0) is 40.8 Å². The number of carboxylic acids is 1. The van der Waals surface area contributed by atoms with Gasteiger partial charge in [-0.15, -0.1) is 0 Å². The smallest absolute Gasteiger partial charge is 0.326 e. The molecule has 3 N–H and O–H groups in total. The SMILES string of the molecule is O=C(O)[C@@H]1C[C@@H](O)CN1C(=O)Nc1ccc(I)cc1Cl. The number of anilines is 1. The van der Waals surface area contributed by atoms with E-state index in [-0.39, 0.29) is 13.0 Å². The third-order valence-corrected chi connectivity index (χ3v) is 3.98. The van der Waals surface area contributed by atoms with Crippen LogP contribution in [0.5, 0.6) is 0 Å². The number of nitrogens with zero attached hydrogens (tertiary/aromatic N) is 1. The quantitative estimate of drug-likeness (QED) is 0.651. The number of likely N-dealkylation sites (tertiary alicyclic amines) is 1. The molecule has 0 spiro atoms. The molecule has 1 heterocycles. The number of aliphatic hydroxyl groups is 1. The number of hydrogen-bond acceptors (Lipinski definition) is 3. The number of benzene rings is 1. The first-order chi connectivity index (χ1) is 9.38. The van der Waals surface area contributed by atoms with Gasteiger partial charge in [0.05, 0.1) is 16.8 Å². The van der Waals surface area contributed by atoms with E-state index < -0.39 is 24.1 Å². The topological polar surface area (TPSA) is 89.9 Å². The molecule has 1 aromatic rings. The van der Waals surface area contributed by atoms with Crippen molar-refractivity contribution >= 4 is 51.9 Å². The van der Waals surface area contributed by atoms with E-state index in [4.69, 9.17) is 16.7 Å². The number of hydrogen-bond donors (Lipinski definition) is 3. The van der Waals surface area contributed by atoms with Crippen molar-refractivity contribution in [2.24, 2.45) is 0 Å². The van der Waals surface area contributed by atoms with Gasteiger partial charge in [0.15, 0.2) is 0 Å². The summed E-state index contributed by atoms with van der Waals surface area (Å²) in [7, 11) is 0. The fourth-order valence-electron chi connectivity index (χ4n) is 2.05. The Morgan fingerprint density at radius 2 is 2.15 bits per heavy atom. The summed E-state index contributed by atoms with van der Waals surface area (Å²) in [6.45, 7) is -0.00914. The minimum atomic E-state index is -1.13. The van der Waals surface area contributed by atoms with E-state index in [0.717, 1.165) is 8.47 Å². The zero-order chi connectivity index (χ0) is 14.9. The van der Waals surface area contributed by atoms with E-state index in [1.807, 2.05) is 0 Å². The summed E-state index contributed by atoms with van der Waals surface area (Å²) in [4.78, 5) is 24.3. The van der Waals surface area contributed by atoms with E-state index in [9.17, 15) is 14.7 Å². The molecule has 2 atom stereocenters. The minimum absolute atomic E-state index is 0.00914. The summed E-state index contributed by atoms with van der Waals surface area (Å²) in [5.74, 6) is -1.13. The molecule has 1 aliphatic rings. The van der Waals surface area contributed by atoms with E-state index in [0.29, 0.717) is 10.7 Å². The number of rotatable bonds is 2. The summed E-state index contributed by atoms with van der Waals surface area (Å²) in [6.07, 6.45) is -0.794. The number of nitrogens with one attached hydrogen (secondary N) is 1. The monoisotopic (exact) mass is 410 g/mol. The molecule has 0 aliphatic carbocycles. The van der Waals surface area contributed by atoms with Crippen LogP contribution in [0.3, 0.4) is 0 Å². The fourth-order valence-corrected chi connectivity index (χ4v) is 2.95. The molecule has 20 heavy (non-hydrogen) atoms. The van der Waals surface area contributed by atoms with Gasteiger partial charge >= 0.3 is 12.0 Å². The van der Waals surface area contributed by atoms with Gasteiger partial charge in [0.25, 0.3) is 0 Å². The van der Waals surface area contributed by atoms with Crippen molar-refractivity contribution < 1.29 is 19.8 Å². The second-order valence-corrected chi connectivity index (χ2v) is 6.10. The first kappa shape index (κ1) is 15.3. The lowest BCUT2D eigenvalue weighted by atomic mass is 10.2. The number of urea groups is 1. The van der Waals surface area contributed by atoms with Gasteiger partial charge in [0.1, 0.15) is 6.04 Å². The number of amides is 2. The minimum Gasteiger partial charge on any atom is -0.480 e. The molecular formula is C12H12ClIN2O4. The number of β-amino-alcohol motifs (C(OH)–C–C–N with tert-alkyl or cyclic N) is 1. The fraction of sp³-hybridized carbons (Fsp3) is 0.333. The van der Waals surface area contributed by atoms with Crippen molar-refractivity contribution in [3.8, 4) is 0 Å². The molecule has 6 nitrogen and oxygen atoms in total. The van der Waals surface area contributed by atoms with Crippen LogP contribution < -0.4 is 5.32 Å². The standard InChI is InChI=1S/C12H12ClIN2O4/c13-8-3-6(14)1-2-9(8)15-12(20)16-5-7(17)4-10(16)11(18)19/h1-3,7,10,17H,4-5H2,(H,15,20)(H,18,19)/t7-,10+/m1/s1. The molecule has 0 bridgehead atoms. The van der Waals surface area contributed by atoms with Crippen molar-refractivity contribution in [1.29, 1.82) is 0 Å². The average molecular weight is 411 g/mol. The molecule has 0 saturated carbocycles. The lowest BCUT2D eigenvalue weighted by Crippen LogP contribution is -2.43. The van der Waals surface area contributed by atoms with Crippen LogP contribution in [-0.4, -0.2) is 45.8 Å². The highest BCUT2D eigenvalue weighted by molar-refractivity contribution is 14.1. The second kappa shape index (κ2) is 6.15. The predicted octanol–water partition coefficient (Wildman–Crippen LogP) is 2.00. The van der Waals surface area contributed by atoms with Crippen LogP contribution in [0, 0.1) is 3.57 Å². The first-order valence-electron chi connectivity index (χ1n) is 5.82. The lowest BCUT2D eigenvalue weighted by Gasteiger charge is -2.21. The maximum atomic E-state index is 12.1. The Kier molecular flexibility index (Phi) is 4.71. The van der Waals surface area contributed by atoms with Gasteiger partial charge in [0.2, 0.25) is 0 Å². The summed E-state index contributed by atoms with van der Waals surface area (Å²) >= 11 is 8.09. The average Bonchev–Trinajstić information content (AvgIpc) is 2.75. The van der Waals surface area contributed by atoms with Crippen molar-refractivity contribution in [3.63, 3.8) is 0 Å². The summed E-state index contributed by atoms with van der Waals surface area (Å²) in [6, 6.07) is 3.50. The van der Waals surface area contributed by atoms with Crippen LogP contribution in [0.25, 0.3) is 0 Å². The highest BCUT2D eigenvalue weighted by Gasteiger charge is 2.39. The summed E-state index contributed by atoms with van der Waals surface area (Å²) < 4.78 is 0.922. The first-order valence-corrected chi connectivity index (χ1v) is 7.27. The molecule has 1 saturated heterocycles. The normalized spacial score (nSPS) is 21.9. The highest BCUT2D eigenvalue weighted by Crippen LogP contribution is 2.25. The largest absolute Gasteiger partial charge is 0.480 e. The van der Waals surface area contributed by atoms with Gasteiger partial charge in [-0.25, -0.2) is 9.59 Å². The Morgan fingerprint density at radius 3 is 2.75 bits per heavy atom. The van der Waals surface area contributed by atoms with Gasteiger partial charge in [-0.3, -0.25) is 0 Å². The predicted molar refractivity (Wildman–Crippen MR) is 81.9 cm³/mol. The highest BCUT2D eigenvalue weighted by atomic mass is 127. The van der Waals surface area contributed by atoms with Crippen molar-refractivity contribution in [1.82, 2.24) is 4.90 Å². The Hall–Kier alpha value is -1.06. The van der Waals surface area contributed by atoms with Crippen molar-refractivity contribution in [2.75, 3.05) is 11.9 Å². The van der Waals surface area contributed by atoms with E-state index >= 15 is 0 Å². The Balaban J connectivity index is 2.13. The number of carbonyl (C=O) groups is 2. The van der Waals surface area contributed by atoms with Crippen LogP contribution in [0.15, 0.2) is 18.2 Å². The molecule has 1 fully saturated rings. The van der Waals surface area contributed by atoms with Crippen molar-refractivity contribution in [3.05, 3.63) is 26.8 Å². The Bertz CT molecular complexity index is 554. The van der Waals surface area contributed by atoms with Gasteiger partial charge in [-0.2, -0.15) is 0 Å². The number of carbonyl (C=O) groups excluding carboxylic acids is 1. The van der Waals surface area contributed by atoms with E-state index in [1.54, 1.807) is 18.2 Å².